The van der Waals surface area contributed by atoms with Gasteiger partial charge >= 0.3 is 6.18 Å². The Bertz CT molecular complexity index is 901. The van der Waals surface area contributed by atoms with Gasteiger partial charge in [0.2, 0.25) is 11.8 Å². The smallest absolute Gasteiger partial charge is 0.416 e. The molecular weight excluding hydrogens is 399 g/mol. The van der Waals surface area contributed by atoms with E-state index >= 15 is 0 Å². The number of aromatic hydroxyl groups is 1. The number of nitrogens with zero attached hydrogens (tertiary/aromatic N) is 1. The van der Waals surface area contributed by atoms with Crippen LogP contribution in [0.5, 0.6) is 5.75 Å². The molecule has 0 aromatic heterocycles. The number of carbonyl (C=O) groups excluding carboxylic acids is 2. The van der Waals surface area contributed by atoms with Gasteiger partial charge in [0.1, 0.15) is 5.75 Å². The molecule has 6 nitrogen and oxygen atoms in total. The second kappa shape index (κ2) is 9.23. The highest BCUT2D eigenvalue weighted by Gasteiger charge is 2.31. The molecule has 10 heteroatoms. The van der Waals surface area contributed by atoms with Gasteiger partial charge in [-0.25, -0.2) is 5.43 Å². The quantitative estimate of drug-likeness (QED) is 0.495. The summed E-state index contributed by atoms with van der Waals surface area (Å²) in [7, 11) is 0. The number of hydrogen-bond donors (Lipinski definition) is 3. The van der Waals surface area contributed by atoms with Crippen molar-refractivity contribution in [1.82, 2.24) is 5.43 Å². The van der Waals surface area contributed by atoms with E-state index in [0.717, 1.165) is 18.2 Å². The summed E-state index contributed by atoms with van der Waals surface area (Å²) in [5, 5.41) is 15.4. The van der Waals surface area contributed by atoms with Crippen molar-refractivity contribution in [1.29, 1.82) is 0 Å². The SMILES string of the molecule is O=C(CCC(=O)Nc1cc(C(F)(F)F)ccc1Cl)N/N=C/c1ccccc1O. The number of carbonyl (C=O) groups is 2. The minimum absolute atomic E-state index is 0.0159. The third-order valence-corrected chi connectivity index (χ3v) is 3.81. The second-order valence-corrected chi connectivity index (χ2v) is 6.00. The lowest BCUT2D eigenvalue weighted by molar-refractivity contribution is -0.137. The van der Waals surface area contributed by atoms with Crippen molar-refractivity contribution in [2.75, 3.05) is 5.32 Å². The van der Waals surface area contributed by atoms with E-state index in [4.69, 9.17) is 11.6 Å². The molecule has 2 aromatic rings. The van der Waals surface area contributed by atoms with Crippen molar-refractivity contribution in [3.05, 3.63) is 58.6 Å². The van der Waals surface area contributed by atoms with Gasteiger partial charge in [-0.2, -0.15) is 18.3 Å². The minimum Gasteiger partial charge on any atom is -0.507 e. The molecule has 2 rings (SSSR count). The van der Waals surface area contributed by atoms with Crippen molar-refractivity contribution in [3.63, 3.8) is 0 Å². The number of rotatable bonds is 6. The van der Waals surface area contributed by atoms with Gasteiger partial charge in [0.15, 0.2) is 0 Å². The maximum absolute atomic E-state index is 12.7. The number of phenols is 1. The van der Waals surface area contributed by atoms with E-state index in [0.29, 0.717) is 5.56 Å². The molecule has 0 heterocycles. The molecule has 0 aliphatic heterocycles. The molecule has 3 N–H and O–H groups in total. The number of benzene rings is 2. The Hall–Kier alpha value is -3.07. The lowest BCUT2D eigenvalue weighted by Crippen LogP contribution is -2.21. The maximum atomic E-state index is 12.7. The van der Waals surface area contributed by atoms with E-state index in [1.165, 1.54) is 12.3 Å². The molecule has 0 atom stereocenters. The van der Waals surface area contributed by atoms with Crippen LogP contribution in [0, 0.1) is 0 Å². The van der Waals surface area contributed by atoms with Crippen LogP contribution in [0.1, 0.15) is 24.0 Å². The fraction of sp³-hybridized carbons (Fsp3) is 0.167. The number of para-hydroxylation sites is 1. The summed E-state index contributed by atoms with van der Waals surface area (Å²) < 4.78 is 38.2. The summed E-state index contributed by atoms with van der Waals surface area (Å²) in [4.78, 5) is 23.6. The van der Waals surface area contributed by atoms with E-state index in [1.807, 2.05) is 0 Å². The second-order valence-electron chi connectivity index (χ2n) is 5.59. The van der Waals surface area contributed by atoms with Crippen molar-refractivity contribution < 1.29 is 27.9 Å². The topological polar surface area (TPSA) is 90.8 Å². The molecule has 2 amide bonds. The number of hydrogen-bond acceptors (Lipinski definition) is 4. The zero-order valence-electron chi connectivity index (χ0n) is 14.3. The fourth-order valence-corrected chi connectivity index (χ4v) is 2.23. The molecule has 0 unspecified atom stereocenters. The third kappa shape index (κ3) is 6.27. The average molecular weight is 414 g/mol. The average Bonchev–Trinajstić information content (AvgIpc) is 2.62. The highest BCUT2D eigenvalue weighted by Crippen LogP contribution is 2.33. The van der Waals surface area contributed by atoms with Crippen LogP contribution in [0.25, 0.3) is 0 Å². The largest absolute Gasteiger partial charge is 0.507 e. The summed E-state index contributed by atoms with van der Waals surface area (Å²) >= 11 is 5.79. The molecule has 0 radical (unpaired) electrons. The highest BCUT2D eigenvalue weighted by molar-refractivity contribution is 6.33. The standard InChI is InChI=1S/C18H15ClF3N3O3/c19-13-6-5-12(18(20,21)22)9-14(13)24-16(27)7-8-17(28)25-23-10-11-3-1-2-4-15(11)26/h1-6,9-10,26H,7-8H2,(H,24,27)(H,25,28)/b23-10+. The van der Waals surface area contributed by atoms with Gasteiger partial charge in [-0.15, -0.1) is 0 Å². The van der Waals surface area contributed by atoms with Crippen LogP contribution in [-0.2, 0) is 15.8 Å². The predicted molar refractivity (Wildman–Crippen MR) is 98.2 cm³/mol. The van der Waals surface area contributed by atoms with Crippen LogP contribution < -0.4 is 10.7 Å². The molecule has 0 aliphatic rings. The van der Waals surface area contributed by atoms with Crippen molar-refractivity contribution in [3.8, 4) is 5.75 Å². The van der Waals surface area contributed by atoms with Crippen LogP contribution in [0.4, 0.5) is 18.9 Å². The van der Waals surface area contributed by atoms with Crippen LogP contribution >= 0.6 is 11.6 Å². The van der Waals surface area contributed by atoms with E-state index < -0.39 is 23.6 Å². The summed E-state index contributed by atoms with van der Waals surface area (Å²) in [5.74, 6) is -1.28. The first-order valence-corrected chi connectivity index (χ1v) is 8.31. The lowest BCUT2D eigenvalue weighted by atomic mass is 10.2. The van der Waals surface area contributed by atoms with Gasteiger partial charge in [-0.05, 0) is 30.3 Å². The summed E-state index contributed by atoms with van der Waals surface area (Å²) in [6, 6.07) is 8.88. The molecular formula is C18H15ClF3N3O3. The van der Waals surface area contributed by atoms with E-state index in [2.05, 4.69) is 15.8 Å². The number of alkyl halides is 3. The summed E-state index contributed by atoms with van der Waals surface area (Å²) in [6.45, 7) is 0. The summed E-state index contributed by atoms with van der Waals surface area (Å²) in [5.41, 5.74) is 1.42. The molecule has 0 aliphatic carbocycles. The lowest BCUT2D eigenvalue weighted by Gasteiger charge is -2.11. The highest BCUT2D eigenvalue weighted by atomic mass is 35.5. The number of hydrazone groups is 1. The number of anilines is 1. The number of phenolic OH excluding ortho intramolecular Hbond substituents is 1. The van der Waals surface area contributed by atoms with E-state index in [-0.39, 0.29) is 29.3 Å². The van der Waals surface area contributed by atoms with Crippen molar-refractivity contribution >= 4 is 35.3 Å². The van der Waals surface area contributed by atoms with Crippen molar-refractivity contribution in [2.24, 2.45) is 5.10 Å². The Morgan fingerprint density at radius 1 is 1.11 bits per heavy atom. The van der Waals surface area contributed by atoms with Gasteiger partial charge < -0.3 is 10.4 Å². The Kier molecular flexibility index (Phi) is 7.00. The minimum atomic E-state index is -4.57. The fourth-order valence-electron chi connectivity index (χ4n) is 2.06. The molecule has 28 heavy (non-hydrogen) atoms. The normalized spacial score (nSPS) is 11.4. The first kappa shape index (κ1) is 21.2. The van der Waals surface area contributed by atoms with Gasteiger partial charge in [0, 0.05) is 18.4 Å². The molecule has 0 saturated carbocycles. The van der Waals surface area contributed by atoms with Crippen LogP contribution in [-0.4, -0.2) is 23.1 Å². The van der Waals surface area contributed by atoms with Crippen LogP contribution in [0.15, 0.2) is 47.6 Å². The maximum Gasteiger partial charge on any atom is 0.416 e. The number of amides is 2. The first-order valence-electron chi connectivity index (χ1n) is 7.93. The van der Waals surface area contributed by atoms with Gasteiger partial charge in [0.25, 0.3) is 0 Å². The third-order valence-electron chi connectivity index (χ3n) is 3.48. The Morgan fingerprint density at radius 3 is 2.46 bits per heavy atom. The van der Waals surface area contributed by atoms with E-state index in [1.54, 1.807) is 18.2 Å². The molecule has 0 fully saturated rings. The Labute approximate surface area is 163 Å². The monoisotopic (exact) mass is 413 g/mol. The molecule has 2 aromatic carbocycles. The number of halogens is 4. The van der Waals surface area contributed by atoms with E-state index in [9.17, 15) is 27.9 Å². The zero-order chi connectivity index (χ0) is 20.7. The van der Waals surface area contributed by atoms with Gasteiger partial charge in [-0.1, -0.05) is 23.7 Å². The Morgan fingerprint density at radius 2 is 1.79 bits per heavy atom. The first-order chi connectivity index (χ1) is 13.2. The zero-order valence-corrected chi connectivity index (χ0v) is 15.0. The van der Waals surface area contributed by atoms with Crippen LogP contribution in [0.3, 0.4) is 0 Å². The molecule has 0 spiro atoms. The van der Waals surface area contributed by atoms with Crippen LogP contribution in [0.2, 0.25) is 5.02 Å². The molecule has 148 valence electrons. The summed E-state index contributed by atoms with van der Waals surface area (Å²) in [6.07, 6.45) is -3.88. The van der Waals surface area contributed by atoms with Gasteiger partial charge in [0.05, 0.1) is 22.5 Å². The Balaban J connectivity index is 1.85. The number of nitrogens with one attached hydrogen (secondary N) is 2. The predicted octanol–water partition coefficient (Wildman–Crippen LogP) is 3.93. The van der Waals surface area contributed by atoms with Gasteiger partial charge in [-0.3, -0.25) is 9.59 Å². The van der Waals surface area contributed by atoms with Crippen molar-refractivity contribution in [2.45, 2.75) is 19.0 Å². The molecule has 0 bridgehead atoms. The molecule has 0 saturated heterocycles.